The molecule has 1 amide bonds. The van der Waals surface area contributed by atoms with Crippen LogP contribution in [-0.4, -0.2) is 41.0 Å². The summed E-state index contributed by atoms with van der Waals surface area (Å²) in [5.41, 5.74) is 2.06. The van der Waals surface area contributed by atoms with E-state index in [0.29, 0.717) is 6.54 Å². The first-order valence-corrected chi connectivity index (χ1v) is 7.52. The summed E-state index contributed by atoms with van der Waals surface area (Å²) in [6.45, 7) is 1.47. The number of para-hydroxylation sites is 1. The second-order valence-electron chi connectivity index (χ2n) is 5.78. The Morgan fingerprint density at radius 2 is 2.10 bits per heavy atom. The summed E-state index contributed by atoms with van der Waals surface area (Å²) in [6.07, 6.45) is 2.52. The molecule has 0 radical (unpaired) electrons. The maximum absolute atomic E-state index is 12.9. The predicted octanol–water partition coefficient (Wildman–Crippen LogP) is 2.05. The molecule has 2 unspecified atom stereocenters. The smallest absolute Gasteiger partial charge is 0.305 e. The van der Waals surface area contributed by atoms with Crippen molar-refractivity contribution in [1.82, 2.24) is 4.90 Å². The summed E-state index contributed by atoms with van der Waals surface area (Å²) < 4.78 is 0. The molecule has 2 aliphatic rings. The van der Waals surface area contributed by atoms with E-state index < -0.39 is 5.97 Å². The minimum Gasteiger partial charge on any atom is -0.481 e. The third-order valence-electron chi connectivity index (χ3n) is 4.45. The topological polar surface area (TPSA) is 69.6 Å². The van der Waals surface area contributed by atoms with Crippen LogP contribution in [0.4, 0.5) is 5.69 Å². The van der Waals surface area contributed by atoms with Crippen LogP contribution in [-0.2, 0) is 9.59 Å². The predicted molar refractivity (Wildman–Crippen MR) is 79.3 cm³/mol. The molecule has 1 saturated heterocycles. The highest BCUT2D eigenvalue weighted by Crippen LogP contribution is 2.34. The molecule has 0 bridgehead atoms. The van der Waals surface area contributed by atoms with E-state index in [1.165, 1.54) is 0 Å². The van der Waals surface area contributed by atoms with Crippen molar-refractivity contribution >= 4 is 17.6 Å². The van der Waals surface area contributed by atoms with Crippen LogP contribution in [0.1, 0.15) is 37.2 Å². The van der Waals surface area contributed by atoms with Gasteiger partial charge >= 0.3 is 5.97 Å². The number of hydrogen-bond acceptors (Lipinski definition) is 3. The van der Waals surface area contributed by atoms with E-state index >= 15 is 0 Å². The largest absolute Gasteiger partial charge is 0.481 e. The molecule has 0 aromatic heterocycles. The fourth-order valence-electron chi connectivity index (χ4n) is 3.46. The molecular weight excluding hydrogens is 268 g/mol. The molecule has 0 saturated carbocycles. The number of hydrogen-bond donors (Lipinski definition) is 2. The Balaban J connectivity index is 1.81. The summed E-state index contributed by atoms with van der Waals surface area (Å²) >= 11 is 0. The van der Waals surface area contributed by atoms with Crippen LogP contribution in [0.25, 0.3) is 0 Å². The van der Waals surface area contributed by atoms with Crippen LogP contribution in [0, 0.1) is 0 Å². The second kappa shape index (κ2) is 5.76. The first-order chi connectivity index (χ1) is 10.2. The number of amides is 1. The Kier molecular flexibility index (Phi) is 3.82. The van der Waals surface area contributed by atoms with Crippen molar-refractivity contribution < 1.29 is 14.7 Å². The highest BCUT2D eigenvalue weighted by molar-refractivity contribution is 5.87. The SMILES string of the molecule is O=C(O)CC1CCCN1C(=O)C1CCNc2ccccc21. The van der Waals surface area contributed by atoms with Crippen LogP contribution in [0.5, 0.6) is 0 Å². The molecule has 5 heteroatoms. The number of carboxylic acids is 1. The van der Waals surface area contributed by atoms with Crippen molar-refractivity contribution in [3.05, 3.63) is 29.8 Å². The first-order valence-electron chi connectivity index (χ1n) is 7.52. The maximum atomic E-state index is 12.9. The Bertz CT molecular complexity index is 558. The van der Waals surface area contributed by atoms with E-state index in [9.17, 15) is 9.59 Å². The van der Waals surface area contributed by atoms with Gasteiger partial charge in [-0.25, -0.2) is 0 Å². The first kappa shape index (κ1) is 13.9. The van der Waals surface area contributed by atoms with Gasteiger partial charge in [-0.1, -0.05) is 18.2 Å². The number of benzene rings is 1. The van der Waals surface area contributed by atoms with E-state index in [1.807, 2.05) is 24.3 Å². The normalized spacial score (nSPS) is 24.3. The number of nitrogens with zero attached hydrogens (tertiary/aromatic N) is 1. The third kappa shape index (κ3) is 2.73. The van der Waals surface area contributed by atoms with Gasteiger partial charge in [-0.3, -0.25) is 9.59 Å². The van der Waals surface area contributed by atoms with Crippen LogP contribution in [0.15, 0.2) is 24.3 Å². The molecule has 112 valence electrons. The molecule has 2 heterocycles. The molecule has 1 aromatic rings. The number of anilines is 1. The quantitative estimate of drug-likeness (QED) is 0.893. The average molecular weight is 288 g/mol. The van der Waals surface area contributed by atoms with Gasteiger partial charge in [0.25, 0.3) is 0 Å². The molecule has 1 fully saturated rings. The number of fused-ring (bicyclic) bond motifs is 1. The number of carbonyl (C=O) groups is 2. The Hall–Kier alpha value is -2.04. The highest BCUT2D eigenvalue weighted by atomic mass is 16.4. The zero-order chi connectivity index (χ0) is 14.8. The van der Waals surface area contributed by atoms with Crippen LogP contribution >= 0.6 is 0 Å². The van der Waals surface area contributed by atoms with Gasteiger partial charge in [0.15, 0.2) is 0 Å². The lowest BCUT2D eigenvalue weighted by Crippen LogP contribution is -2.41. The number of aliphatic carboxylic acids is 1. The monoisotopic (exact) mass is 288 g/mol. The number of carbonyl (C=O) groups excluding carboxylic acids is 1. The lowest BCUT2D eigenvalue weighted by atomic mass is 9.89. The van der Waals surface area contributed by atoms with Gasteiger partial charge < -0.3 is 15.3 Å². The summed E-state index contributed by atoms with van der Waals surface area (Å²) in [4.78, 5) is 25.6. The van der Waals surface area contributed by atoms with Crippen molar-refractivity contribution in [2.75, 3.05) is 18.4 Å². The van der Waals surface area contributed by atoms with E-state index in [-0.39, 0.29) is 24.3 Å². The van der Waals surface area contributed by atoms with E-state index in [0.717, 1.165) is 37.1 Å². The summed E-state index contributed by atoms with van der Waals surface area (Å²) in [7, 11) is 0. The lowest BCUT2D eigenvalue weighted by Gasteiger charge is -2.32. The average Bonchev–Trinajstić information content (AvgIpc) is 2.93. The Morgan fingerprint density at radius 3 is 2.90 bits per heavy atom. The van der Waals surface area contributed by atoms with Gasteiger partial charge in [-0.05, 0) is 30.9 Å². The lowest BCUT2D eigenvalue weighted by molar-refractivity contribution is -0.140. The van der Waals surface area contributed by atoms with Crippen molar-refractivity contribution in [2.45, 2.75) is 37.6 Å². The molecule has 0 aliphatic carbocycles. The van der Waals surface area contributed by atoms with Gasteiger partial charge in [0.05, 0.1) is 12.3 Å². The summed E-state index contributed by atoms with van der Waals surface area (Å²) in [5.74, 6) is -0.880. The zero-order valence-electron chi connectivity index (χ0n) is 11.9. The maximum Gasteiger partial charge on any atom is 0.305 e. The molecule has 0 spiro atoms. The molecule has 1 aromatic carbocycles. The Labute approximate surface area is 123 Å². The molecule has 2 N–H and O–H groups in total. The number of nitrogens with one attached hydrogen (secondary N) is 1. The van der Waals surface area contributed by atoms with E-state index in [2.05, 4.69) is 5.32 Å². The molecule has 2 aliphatic heterocycles. The van der Waals surface area contributed by atoms with E-state index in [1.54, 1.807) is 4.90 Å². The van der Waals surface area contributed by atoms with Gasteiger partial charge in [0, 0.05) is 24.8 Å². The number of likely N-dealkylation sites (tertiary alicyclic amines) is 1. The van der Waals surface area contributed by atoms with Gasteiger partial charge in [-0.15, -0.1) is 0 Å². The second-order valence-corrected chi connectivity index (χ2v) is 5.78. The number of rotatable bonds is 3. The zero-order valence-corrected chi connectivity index (χ0v) is 11.9. The van der Waals surface area contributed by atoms with Crippen molar-refractivity contribution in [3.63, 3.8) is 0 Å². The fourth-order valence-corrected chi connectivity index (χ4v) is 3.46. The standard InChI is InChI=1S/C16H20N2O3/c19-15(20)10-11-4-3-9-18(11)16(21)13-7-8-17-14-6-2-1-5-12(13)14/h1-2,5-6,11,13,17H,3-4,7-10H2,(H,19,20). The van der Waals surface area contributed by atoms with Gasteiger partial charge in [0.2, 0.25) is 5.91 Å². The van der Waals surface area contributed by atoms with Crippen molar-refractivity contribution in [1.29, 1.82) is 0 Å². The van der Waals surface area contributed by atoms with Crippen LogP contribution in [0.2, 0.25) is 0 Å². The Morgan fingerprint density at radius 1 is 1.29 bits per heavy atom. The minimum absolute atomic E-state index is 0.0539. The van der Waals surface area contributed by atoms with Crippen molar-refractivity contribution in [2.24, 2.45) is 0 Å². The van der Waals surface area contributed by atoms with Gasteiger partial charge in [-0.2, -0.15) is 0 Å². The molecule has 5 nitrogen and oxygen atoms in total. The minimum atomic E-state index is -0.828. The molecule has 3 rings (SSSR count). The highest BCUT2D eigenvalue weighted by Gasteiger charge is 2.36. The summed E-state index contributed by atoms with van der Waals surface area (Å²) in [5, 5.41) is 12.3. The molecule has 2 atom stereocenters. The fraction of sp³-hybridized carbons (Fsp3) is 0.500. The third-order valence-corrected chi connectivity index (χ3v) is 4.45. The molecular formula is C16H20N2O3. The van der Waals surface area contributed by atoms with E-state index in [4.69, 9.17) is 5.11 Å². The molecule has 21 heavy (non-hydrogen) atoms. The summed E-state index contributed by atoms with van der Waals surface area (Å²) in [6, 6.07) is 7.75. The van der Waals surface area contributed by atoms with Crippen LogP contribution in [0.3, 0.4) is 0 Å². The van der Waals surface area contributed by atoms with Crippen molar-refractivity contribution in [3.8, 4) is 0 Å². The van der Waals surface area contributed by atoms with Gasteiger partial charge in [0.1, 0.15) is 0 Å². The number of carboxylic acid groups (broad SMARTS) is 1. The van der Waals surface area contributed by atoms with Crippen LogP contribution < -0.4 is 5.32 Å².